The highest BCUT2D eigenvalue weighted by Crippen LogP contribution is 2.29. The Balaban J connectivity index is 2.19. The lowest BCUT2D eigenvalue weighted by atomic mass is 10.0. The molecule has 1 nitrogen and oxygen atoms in total. The highest BCUT2D eigenvalue weighted by molar-refractivity contribution is 9.10. The minimum Gasteiger partial charge on any atom is -0.263 e. The third kappa shape index (κ3) is 3.22. The lowest BCUT2D eigenvalue weighted by Crippen LogP contribution is -1.98. The Kier molecular flexibility index (Phi) is 4.60. The van der Waals surface area contributed by atoms with Crippen LogP contribution >= 0.6 is 39.1 Å². The zero-order valence-corrected chi connectivity index (χ0v) is 12.3. The first-order valence-corrected chi connectivity index (χ1v) is 6.86. The average Bonchev–Trinajstić information content (AvgIpc) is 2.35. The van der Waals surface area contributed by atoms with E-state index in [9.17, 15) is 4.39 Å². The molecule has 1 aromatic carbocycles. The van der Waals surface area contributed by atoms with Crippen LogP contribution in [0.2, 0.25) is 5.02 Å². The van der Waals surface area contributed by atoms with Gasteiger partial charge in [-0.2, -0.15) is 0 Å². The van der Waals surface area contributed by atoms with E-state index in [1.165, 1.54) is 6.07 Å². The second kappa shape index (κ2) is 6.00. The van der Waals surface area contributed by atoms with E-state index in [1.54, 1.807) is 24.5 Å². The molecule has 0 aliphatic carbocycles. The first kappa shape index (κ1) is 13.8. The maximum atomic E-state index is 13.4. The van der Waals surface area contributed by atoms with Crippen LogP contribution in [0.5, 0.6) is 0 Å². The summed E-state index contributed by atoms with van der Waals surface area (Å²) >= 11 is 15.4. The van der Waals surface area contributed by atoms with Gasteiger partial charge in [0, 0.05) is 12.4 Å². The fourth-order valence-electron chi connectivity index (χ4n) is 1.59. The van der Waals surface area contributed by atoms with Crippen LogP contribution in [-0.4, -0.2) is 4.98 Å². The van der Waals surface area contributed by atoms with Crippen LogP contribution in [0.3, 0.4) is 0 Å². The first-order chi connectivity index (χ1) is 8.58. The summed E-state index contributed by atoms with van der Waals surface area (Å²) in [5.41, 5.74) is 1.63. The number of pyridine rings is 1. The van der Waals surface area contributed by atoms with Crippen LogP contribution in [0, 0.1) is 5.82 Å². The van der Waals surface area contributed by atoms with Gasteiger partial charge in [0.15, 0.2) is 0 Å². The molecular weight excluding hydrogens is 340 g/mol. The number of halogens is 4. The number of hydrogen-bond donors (Lipinski definition) is 0. The smallest absolute Gasteiger partial charge is 0.137 e. The predicted octanol–water partition coefficient (Wildman–Crippen LogP) is 5.16. The molecule has 0 N–H and O–H groups in total. The van der Waals surface area contributed by atoms with Gasteiger partial charge in [-0.1, -0.05) is 17.7 Å². The number of benzene rings is 1. The molecule has 0 fully saturated rings. The van der Waals surface area contributed by atoms with Crippen molar-refractivity contribution in [1.29, 1.82) is 0 Å². The summed E-state index contributed by atoms with van der Waals surface area (Å²) in [5.74, 6) is -0.320. The molecule has 18 heavy (non-hydrogen) atoms. The molecule has 1 unspecified atom stereocenters. The molecule has 0 aliphatic heterocycles. The molecular formula is C13H9BrCl2FN. The highest BCUT2D eigenvalue weighted by Gasteiger charge is 2.13. The molecule has 0 saturated heterocycles. The Labute approximate surface area is 123 Å². The van der Waals surface area contributed by atoms with Crippen LogP contribution in [0.4, 0.5) is 4.39 Å². The zero-order valence-electron chi connectivity index (χ0n) is 9.21. The summed E-state index contributed by atoms with van der Waals surface area (Å²) in [6.45, 7) is 0. The molecule has 0 spiro atoms. The van der Waals surface area contributed by atoms with Crippen LogP contribution < -0.4 is 0 Å². The Morgan fingerprint density at radius 1 is 1.33 bits per heavy atom. The summed E-state index contributed by atoms with van der Waals surface area (Å²) in [7, 11) is 0. The van der Waals surface area contributed by atoms with Gasteiger partial charge in [-0.3, -0.25) is 4.98 Å². The van der Waals surface area contributed by atoms with Gasteiger partial charge in [-0.15, -0.1) is 11.6 Å². The van der Waals surface area contributed by atoms with Crippen LogP contribution in [0.25, 0.3) is 0 Å². The summed E-state index contributed by atoms with van der Waals surface area (Å²) in [4.78, 5) is 3.91. The van der Waals surface area contributed by atoms with Crippen molar-refractivity contribution in [3.63, 3.8) is 0 Å². The zero-order chi connectivity index (χ0) is 13.1. The largest absolute Gasteiger partial charge is 0.263 e. The lowest BCUT2D eigenvalue weighted by Gasteiger charge is -2.11. The molecule has 2 rings (SSSR count). The van der Waals surface area contributed by atoms with E-state index in [2.05, 4.69) is 20.9 Å². The van der Waals surface area contributed by atoms with Crippen molar-refractivity contribution in [1.82, 2.24) is 4.98 Å². The Bertz CT molecular complexity index is 562. The van der Waals surface area contributed by atoms with Gasteiger partial charge < -0.3 is 0 Å². The maximum Gasteiger partial charge on any atom is 0.137 e. The quantitative estimate of drug-likeness (QED) is 0.698. The van der Waals surface area contributed by atoms with E-state index in [1.807, 2.05) is 6.07 Å². The first-order valence-electron chi connectivity index (χ1n) is 5.25. The molecule has 0 amide bonds. The molecule has 2 aromatic rings. The van der Waals surface area contributed by atoms with Crippen molar-refractivity contribution < 1.29 is 4.39 Å². The van der Waals surface area contributed by atoms with Crippen LogP contribution in [0.15, 0.2) is 41.1 Å². The van der Waals surface area contributed by atoms with E-state index in [-0.39, 0.29) is 11.2 Å². The van der Waals surface area contributed by atoms with Gasteiger partial charge in [-0.05, 0) is 51.7 Å². The van der Waals surface area contributed by atoms with Crippen LogP contribution in [-0.2, 0) is 6.42 Å². The normalized spacial score (nSPS) is 12.4. The minimum absolute atomic E-state index is 0.320. The Morgan fingerprint density at radius 2 is 2.11 bits per heavy atom. The molecule has 0 bridgehead atoms. The second-order valence-corrected chi connectivity index (χ2v) is 5.60. The van der Waals surface area contributed by atoms with E-state index in [0.29, 0.717) is 15.9 Å². The third-order valence-electron chi connectivity index (χ3n) is 2.56. The predicted molar refractivity (Wildman–Crippen MR) is 75.6 cm³/mol. The Hall–Kier alpha value is -0.640. The fourth-order valence-corrected chi connectivity index (χ4v) is 2.33. The summed E-state index contributed by atoms with van der Waals surface area (Å²) in [6, 6.07) is 6.68. The number of hydrogen-bond acceptors (Lipinski definition) is 1. The average molecular weight is 349 g/mol. The van der Waals surface area contributed by atoms with Gasteiger partial charge in [0.1, 0.15) is 5.82 Å². The van der Waals surface area contributed by atoms with Gasteiger partial charge in [-0.25, -0.2) is 4.39 Å². The standard InChI is InChI=1S/C13H9BrCl2FN/c14-10-2-1-8(6-13(10)17)11(15)5-9-3-4-18-7-12(9)16/h1-4,6-7,11H,5H2. The summed E-state index contributed by atoms with van der Waals surface area (Å²) in [6.07, 6.45) is 3.76. The number of aromatic nitrogens is 1. The molecule has 0 radical (unpaired) electrons. The fraction of sp³-hybridized carbons (Fsp3) is 0.154. The SMILES string of the molecule is Fc1cc(C(Cl)Cc2ccncc2Cl)ccc1Br. The molecule has 1 heterocycles. The number of nitrogens with zero attached hydrogens (tertiary/aromatic N) is 1. The van der Waals surface area contributed by atoms with Crippen molar-refractivity contribution in [3.8, 4) is 0 Å². The maximum absolute atomic E-state index is 13.4. The summed E-state index contributed by atoms with van der Waals surface area (Å²) in [5, 5.41) is 0.244. The molecule has 0 saturated carbocycles. The van der Waals surface area contributed by atoms with Gasteiger partial charge in [0.25, 0.3) is 0 Å². The van der Waals surface area contributed by atoms with E-state index in [0.717, 1.165) is 11.1 Å². The van der Waals surface area contributed by atoms with Gasteiger partial charge >= 0.3 is 0 Å². The van der Waals surface area contributed by atoms with E-state index >= 15 is 0 Å². The van der Waals surface area contributed by atoms with Crippen molar-refractivity contribution in [3.05, 3.63) is 63.1 Å². The topological polar surface area (TPSA) is 12.9 Å². The Morgan fingerprint density at radius 3 is 2.78 bits per heavy atom. The third-order valence-corrected chi connectivity index (χ3v) is 3.95. The van der Waals surface area contributed by atoms with Crippen molar-refractivity contribution in [2.45, 2.75) is 11.8 Å². The summed E-state index contributed by atoms with van der Waals surface area (Å²) < 4.78 is 13.8. The van der Waals surface area contributed by atoms with Gasteiger partial charge in [0.2, 0.25) is 0 Å². The van der Waals surface area contributed by atoms with Crippen LogP contribution in [0.1, 0.15) is 16.5 Å². The second-order valence-electron chi connectivity index (χ2n) is 3.81. The molecule has 1 atom stereocenters. The lowest BCUT2D eigenvalue weighted by molar-refractivity contribution is 0.618. The minimum atomic E-state index is -0.326. The highest BCUT2D eigenvalue weighted by atomic mass is 79.9. The van der Waals surface area contributed by atoms with Crippen molar-refractivity contribution in [2.75, 3.05) is 0 Å². The van der Waals surface area contributed by atoms with E-state index < -0.39 is 0 Å². The monoisotopic (exact) mass is 347 g/mol. The van der Waals surface area contributed by atoms with Gasteiger partial charge in [0.05, 0.1) is 14.9 Å². The number of alkyl halides is 1. The molecule has 0 aliphatic rings. The molecule has 1 aromatic heterocycles. The molecule has 5 heteroatoms. The molecule has 94 valence electrons. The van der Waals surface area contributed by atoms with E-state index in [4.69, 9.17) is 23.2 Å². The number of rotatable bonds is 3. The van der Waals surface area contributed by atoms with Crippen molar-refractivity contribution in [2.24, 2.45) is 0 Å². The van der Waals surface area contributed by atoms with Crippen molar-refractivity contribution >= 4 is 39.1 Å².